The van der Waals surface area contributed by atoms with Crippen molar-refractivity contribution in [3.63, 3.8) is 0 Å². The third-order valence-corrected chi connectivity index (χ3v) is 3.66. The van der Waals surface area contributed by atoms with E-state index in [2.05, 4.69) is 10.6 Å². The van der Waals surface area contributed by atoms with E-state index in [-0.39, 0.29) is 24.2 Å². The molecule has 26 heavy (non-hydrogen) atoms. The monoisotopic (exact) mass is 375 g/mol. The summed E-state index contributed by atoms with van der Waals surface area (Å²) in [5, 5.41) is 5.65. The second kappa shape index (κ2) is 9.94. The van der Waals surface area contributed by atoms with E-state index >= 15 is 0 Å². The van der Waals surface area contributed by atoms with E-state index in [0.29, 0.717) is 18.5 Å². The Balaban J connectivity index is 0.00000338. The van der Waals surface area contributed by atoms with Gasteiger partial charge in [0.15, 0.2) is 0 Å². The van der Waals surface area contributed by atoms with Gasteiger partial charge in [-0.05, 0) is 31.5 Å². The molecule has 0 radical (unpaired) electrons. The van der Waals surface area contributed by atoms with Gasteiger partial charge in [0.05, 0.1) is 0 Å². The lowest BCUT2D eigenvalue weighted by Gasteiger charge is -2.23. The fourth-order valence-corrected chi connectivity index (χ4v) is 2.33. The molecule has 0 saturated carbocycles. The first-order valence-electron chi connectivity index (χ1n) is 8.31. The van der Waals surface area contributed by atoms with Gasteiger partial charge in [0.25, 0.3) is 5.91 Å². The maximum Gasteiger partial charge on any atom is 0.251 e. The predicted molar refractivity (Wildman–Crippen MR) is 106 cm³/mol. The molecule has 4 N–H and O–H groups in total. The second-order valence-corrected chi connectivity index (χ2v) is 6.79. The highest BCUT2D eigenvalue weighted by molar-refractivity contribution is 5.97. The molecule has 0 aromatic heterocycles. The standard InChI is InChI=1S/C20H25N3O2.ClH/c1-20(2,21)14-22-19(25)17(13-15-9-5-3-6-10-15)23-18(24)16-11-7-4-8-12-16;/h3-12,17H,13-14,21H2,1-2H3,(H,22,25)(H,23,24);1H. The van der Waals surface area contributed by atoms with Crippen LogP contribution >= 0.6 is 12.4 Å². The second-order valence-electron chi connectivity index (χ2n) is 6.79. The molecule has 0 bridgehead atoms. The van der Waals surface area contributed by atoms with E-state index in [1.807, 2.05) is 50.2 Å². The minimum Gasteiger partial charge on any atom is -0.352 e. The van der Waals surface area contributed by atoms with Crippen LogP contribution in [0.5, 0.6) is 0 Å². The summed E-state index contributed by atoms with van der Waals surface area (Å²) in [5.41, 5.74) is 6.91. The van der Waals surface area contributed by atoms with Crippen molar-refractivity contribution < 1.29 is 9.59 Å². The highest BCUT2D eigenvalue weighted by Gasteiger charge is 2.23. The molecule has 2 aromatic rings. The minimum atomic E-state index is -0.669. The Hall–Kier alpha value is -2.37. The largest absolute Gasteiger partial charge is 0.352 e. The summed E-state index contributed by atoms with van der Waals surface area (Å²) in [7, 11) is 0. The molecule has 0 heterocycles. The first-order valence-corrected chi connectivity index (χ1v) is 8.31. The molecule has 2 aromatic carbocycles. The lowest BCUT2D eigenvalue weighted by atomic mass is 10.0. The molecular weight excluding hydrogens is 350 g/mol. The number of carbonyl (C=O) groups is 2. The average Bonchev–Trinajstić information content (AvgIpc) is 2.60. The molecular formula is C20H26ClN3O2. The van der Waals surface area contributed by atoms with Crippen LogP contribution in [0.3, 0.4) is 0 Å². The Morgan fingerprint density at radius 3 is 2.08 bits per heavy atom. The maximum absolute atomic E-state index is 12.6. The van der Waals surface area contributed by atoms with Crippen molar-refractivity contribution >= 4 is 24.2 Å². The zero-order valence-electron chi connectivity index (χ0n) is 15.1. The summed E-state index contributed by atoms with van der Waals surface area (Å²) >= 11 is 0. The number of halogens is 1. The fraction of sp³-hybridized carbons (Fsp3) is 0.300. The van der Waals surface area contributed by atoms with Crippen molar-refractivity contribution in [2.45, 2.75) is 31.8 Å². The fourth-order valence-electron chi connectivity index (χ4n) is 2.33. The van der Waals surface area contributed by atoms with Gasteiger partial charge in [-0.1, -0.05) is 48.5 Å². The zero-order chi connectivity index (χ0) is 18.3. The van der Waals surface area contributed by atoms with Crippen molar-refractivity contribution in [3.8, 4) is 0 Å². The van der Waals surface area contributed by atoms with Gasteiger partial charge >= 0.3 is 0 Å². The Morgan fingerprint density at radius 2 is 1.54 bits per heavy atom. The van der Waals surface area contributed by atoms with Crippen LogP contribution in [0.4, 0.5) is 0 Å². The topological polar surface area (TPSA) is 84.2 Å². The molecule has 0 fully saturated rings. The summed E-state index contributed by atoms with van der Waals surface area (Å²) in [6.07, 6.45) is 0.413. The van der Waals surface area contributed by atoms with Crippen molar-refractivity contribution in [2.75, 3.05) is 6.54 Å². The lowest BCUT2D eigenvalue weighted by Crippen LogP contribution is -2.52. The molecule has 1 unspecified atom stereocenters. The average molecular weight is 376 g/mol. The van der Waals surface area contributed by atoms with Gasteiger partial charge in [-0.15, -0.1) is 12.4 Å². The van der Waals surface area contributed by atoms with E-state index in [1.54, 1.807) is 24.3 Å². The Morgan fingerprint density at radius 1 is 1.00 bits per heavy atom. The maximum atomic E-state index is 12.6. The third kappa shape index (κ3) is 7.25. The molecule has 1 atom stereocenters. The van der Waals surface area contributed by atoms with Gasteiger partial charge < -0.3 is 16.4 Å². The highest BCUT2D eigenvalue weighted by atomic mass is 35.5. The van der Waals surface area contributed by atoms with E-state index < -0.39 is 11.6 Å². The lowest BCUT2D eigenvalue weighted by molar-refractivity contribution is -0.123. The van der Waals surface area contributed by atoms with Crippen LogP contribution in [-0.4, -0.2) is 29.9 Å². The normalized spacial score (nSPS) is 11.8. The summed E-state index contributed by atoms with van der Waals surface area (Å²) in [6, 6.07) is 17.8. The molecule has 0 saturated heterocycles. The summed E-state index contributed by atoms with van der Waals surface area (Å²) in [6.45, 7) is 4.00. The quantitative estimate of drug-likeness (QED) is 0.694. The van der Waals surface area contributed by atoms with Gasteiger partial charge in [-0.25, -0.2) is 0 Å². The molecule has 0 aliphatic rings. The highest BCUT2D eigenvalue weighted by Crippen LogP contribution is 2.06. The van der Waals surface area contributed by atoms with Crippen LogP contribution in [0, 0.1) is 0 Å². The number of nitrogens with two attached hydrogens (primary N) is 1. The molecule has 0 aliphatic carbocycles. The smallest absolute Gasteiger partial charge is 0.251 e. The summed E-state index contributed by atoms with van der Waals surface area (Å²) in [4.78, 5) is 25.0. The van der Waals surface area contributed by atoms with E-state index in [1.165, 1.54) is 0 Å². The molecule has 2 amide bonds. The first kappa shape index (κ1) is 21.7. The Bertz CT molecular complexity index is 700. The van der Waals surface area contributed by atoms with Crippen LogP contribution in [0.1, 0.15) is 29.8 Å². The van der Waals surface area contributed by atoms with Gasteiger partial charge in [0, 0.05) is 24.1 Å². The van der Waals surface area contributed by atoms with Crippen LogP contribution in [-0.2, 0) is 11.2 Å². The minimum absolute atomic E-state index is 0. The molecule has 140 valence electrons. The molecule has 2 rings (SSSR count). The van der Waals surface area contributed by atoms with Crippen LogP contribution in [0.2, 0.25) is 0 Å². The number of hydrogen-bond donors (Lipinski definition) is 3. The molecule has 6 heteroatoms. The van der Waals surface area contributed by atoms with Crippen LogP contribution in [0.15, 0.2) is 60.7 Å². The SMILES string of the molecule is CC(C)(N)CNC(=O)C(Cc1ccccc1)NC(=O)c1ccccc1.Cl. The van der Waals surface area contributed by atoms with E-state index in [4.69, 9.17) is 5.73 Å². The van der Waals surface area contributed by atoms with Crippen molar-refractivity contribution in [1.82, 2.24) is 10.6 Å². The van der Waals surface area contributed by atoms with Crippen molar-refractivity contribution in [3.05, 3.63) is 71.8 Å². The summed E-state index contributed by atoms with van der Waals surface area (Å²) in [5.74, 6) is -0.518. The van der Waals surface area contributed by atoms with E-state index in [0.717, 1.165) is 5.56 Å². The van der Waals surface area contributed by atoms with Gasteiger partial charge in [-0.3, -0.25) is 9.59 Å². The Kier molecular flexibility index (Phi) is 8.29. The number of rotatable bonds is 7. The van der Waals surface area contributed by atoms with Gasteiger partial charge in [-0.2, -0.15) is 0 Å². The molecule has 0 aliphatic heterocycles. The van der Waals surface area contributed by atoms with Crippen LogP contribution < -0.4 is 16.4 Å². The zero-order valence-corrected chi connectivity index (χ0v) is 15.9. The molecule has 5 nitrogen and oxygen atoms in total. The number of amides is 2. The first-order chi connectivity index (χ1) is 11.8. The third-order valence-electron chi connectivity index (χ3n) is 3.66. The van der Waals surface area contributed by atoms with Gasteiger partial charge in [0.2, 0.25) is 5.91 Å². The number of hydrogen-bond acceptors (Lipinski definition) is 3. The van der Waals surface area contributed by atoms with Crippen molar-refractivity contribution in [1.29, 1.82) is 0 Å². The van der Waals surface area contributed by atoms with E-state index in [9.17, 15) is 9.59 Å². The number of nitrogens with one attached hydrogen (secondary N) is 2. The van der Waals surface area contributed by atoms with Crippen molar-refractivity contribution in [2.24, 2.45) is 5.73 Å². The Labute approximate surface area is 160 Å². The van der Waals surface area contributed by atoms with Crippen LogP contribution in [0.25, 0.3) is 0 Å². The number of carbonyl (C=O) groups excluding carboxylic acids is 2. The predicted octanol–water partition coefficient (Wildman–Crippen LogP) is 2.30. The summed E-state index contributed by atoms with van der Waals surface area (Å²) < 4.78 is 0. The molecule has 0 spiro atoms. The number of benzene rings is 2. The van der Waals surface area contributed by atoms with Gasteiger partial charge in [0.1, 0.15) is 6.04 Å².